The maximum Gasteiger partial charge on any atom is 0.215 e. The summed E-state index contributed by atoms with van der Waals surface area (Å²) in [6, 6.07) is 15.2. The van der Waals surface area contributed by atoms with E-state index in [2.05, 4.69) is 22.2 Å². The normalized spacial score (nSPS) is 17.7. The molecule has 0 bridgehead atoms. The third kappa shape index (κ3) is 4.12. The topological polar surface area (TPSA) is 58.2 Å². The van der Waals surface area contributed by atoms with Crippen LogP contribution in [-0.2, 0) is 22.2 Å². The summed E-state index contributed by atoms with van der Waals surface area (Å²) in [6.45, 7) is 1.19. The monoisotopic (exact) mass is 350 g/mol. The van der Waals surface area contributed by atoms with Gasteiger partial charge in [0.2, 0.25) is 10.0 Å². The minimum atomic E-state index is -3.43. The first-order valence-corrected chi connectivity index (χ1v) is 9.60. The molecular weight excluding hydrogens is 332 g/mol. The van der Waals surface area contributed by atoms with Crippen molar-refractivity contribution in [3.8, 4) is 0 Å². The highest BCUT2D eigenvalue weighted by Gasteiger charge is 2.21. The van der Waals surface area contributed by atoms with Crippen LogP contribution in [0.4, 0.5) is 0 Å². The molecule has 2 aromatic carbocycles. The molecule has 4 nitrogen and oxygen atoms in total. The van der Waals surface area contributed by atoms with Crippen molar-refractivity contribution in [1.29, 1.82) is 0 Å². The van der Waals surface area contributed by atoms with E-state index < -0.39 is 10.0 Å². The third-order valence-corrected chi connectivity index (χ3v) is 5.69. The van der Waals surface area contributed by atoms with Crippen LogP contribution in [0.25, 0.3) is 0 Å². The predicted molar refractivity (Wildman–Crippen MR) is 93.0 cm³/mol. The number of rotatable bonds is 5. The summed E-state index contributed by atoms with van der Waals surface area (Å²) in [6.07, 6.45) is 0.971. The highest BCUT2D eigenvalue weighted by atomic mass is 35.5. The summed E-state index contributed by atoms with van der Waals surface area (Å²) in [5.74, 6) is -0.110. The molecule has 0 fully saturated rings. The van der Waals surface area contributed by atoms with E-state index >= 15 is 0 Å². The minimum absolute atomic E-state index is 0.000898. The summed E-state index contributed by atoms with van der Waals surface area (Å²) in [5.41, 5.74) is 3.06. The first kappa shape index (κ1) is 16.5. The lowest BCUT2D eigenvalue weighted by atomic mass is 9.95. The van der Waals surface area contributed by atoms with Crippen LogP contribution in [0.15, 0.2) is 48.5 Å². The van der Waals surface area contributed by atoms with Crippen LogP contribution in [0.3, 0.4) is 0 Å². The molecule has 3 rings (SSSR count). The molecule has 0 saturated heterocycles. The first-order chi connectivity index (χ1) is 11.1. The Labute approximate surface area is 141 Å². The lowest BCUT2D eigenvalue weighted by Gasteiger charge is -2.27. The summed E-state index contributed by atoms with van der Waals surface area (Å²) in [5, 5.41) is 3.84. The fourth-order valence-corrected chi connectivity index (χ4v) is 4.32. The van der Waals surface area contributed by atoms with E-state index in [1.807, 2.05) is 12.1 Å². The molecule has 2 aromatic rings. The van der Waals surface area contributed by atoms with Crippen LogP contribution in [0.2, 0.25) is 5.02 Å². The smallest absolute Gasteiger partial charge is 0.215 e. The second kappa shape index (κ2) is 7.01. The highest BCUT2D eigenvalue weighted by Crippen LogP contribution is 2.22. The van der Waals surface area contributed by atoms with E-state index in [0.717, 1.165) is 13.0 Å². The standard InChI is InChI=1S/C17H19ClN2O2S/c18-16-8-4-2-6-14(16)12-23(21,22)20-11-17-15-7-3-1-5-13(15)9-10-19-17/h1-8,17,19-20H,9-12H2. The van der Waals surface area contributed by atoms with Crippen LogP contribution in [-0.4, -0.2) is 21.5 Å². The second-order valence-corrected chi connectivity index (χ2v) is 7.87. The molecule has 0 aliphatic carbocycles. The Morgan fingerprint density at radius 1 is 1.13 bits per heavy atom. The Morgan fingerprint density at radius 3 is 2.70 bits per heavy atom. The zero-order chi connectivity index (χ0) is 16.3. The molecular formula is C17H19ClN2O2S. The van der Waals surface area contributed by atoms with Crippen molar-refractivity contribution in [3.63, 3.8) is 0 Å². The van der Waals surface area contributed by atoms with Crippen molar-refractivity contribution < 1.29 is 8.42 Å². The van der Waals surface area contributed by atoms with E-state index in [1.54, 1.807) is 24.3 Å². The minimum Gasteiger partial charge on any atom is -0.308 e. The molecule has 1 aliphatic rings. The number of halogens is 1. The first-order valence-electron chi connectivity index (χ1n) is 7.57. The number of nitrogens with one attached hydrogen (secondary N) is 2. The third-order valence-electron chi connectivity index (χ3n) is 4.03. The summed E-state index contributed by atoms with van der Waals surface area (Å²) < 4.78 is 27.3. The fourth-order valence-electron chi connectivity index (χ4n) is 2.86. The number of hydrogen-bond acceptors (Lipinski definition) is 3. The molecule has 1 aliphatic heterocycles. The number of benzene rings is 2. The lowest BCUT2D eigenvalue weighted by Crippen LogP contribution is -2.39. The number of hydrogen-bond donors (Lipinski definition) is 2. The van der Waals surface area contributed by atoms with Crippen LogP contribution >= 0.6 is 11.6 Å². The molecule has 122 valence electrons. The van der Waals surface area contributed by atoms with Crippen molar-refractivity contribution in [2.24, 2.45) is 0 Å². The average molecular weight is 351 g/mol. The highest BCUT2D eigenvalue weighted by molar-refractivity contribution is 7.88. The summed E-state index contributed by atoms with van der Waals surface area (Å²) in [4.78, 5) is 0. The summed E-state index contributed by atoms with van der Waals surface area (Å²) in [7, 11) is -3.43. The van der Waals surface area contributed by atoms with Gasteiger partial charge in [-0.2, -0.15) is 0 Å². The quantitative estimate of drug-likeness (QED) is 0.871. The van der Waals surface area contributed by atoms with Gasteiger partial charge in [-0.25, -0.2) is 13.1 Å². The Hall–Kier alpha value is -1.40. The molecule has 1 unspecified atom stereocenters. The Balaban J connectivity index is 1.68. The van der Waals surface area contributed by atoms with Crippen molar-refractivity contribution in [1.82, 2.24) is 10.0 Å². The van der Waals surface area contributed by atoms with Gasteiger partial charge < -0.3 is 5.32 Å². The molecule has 23 heavy (non-hydrogen) atoms. The molecule has 2 N–H and O–H groups in total. The Morgan fingerprint density at radius 2 is 1.87 bits per heavy atom. The number of sulfonamides is 1. The lowest BCUT2D eigenvalue weighted by molar-refractivity contribution is 0.491. The van der Waals surface area contributed by atoms with E-state index in [-0.39, 0.29) is 11.8 Å². The van der Waals surface area contributed by atoms with Gasteiger partial charge in [-0.3, -0.25) is 0 Å². The molecule has 1 heterocycles. The summed E-state index contributed by atoms with van der Waals surface area (Å²) >= 11 is 6.04. The largest absolute Gasteiger partial charge is 0.308 e. The molecule has 6 heteroatoms. The van der Waals surface area contributed by atoms with Gasteiger partial charge >= 0.3 is 0 Å². The predicted octanol–water partition coefficient (Wildman–Crippen LogP) is 2.65. The molecule has 0 radical (unpaired) electrons. The van der Waals surface area contributed by atoms with E-state index in [9.17, 15) is 8.42 Å². The van der Waals surface area contributed by atoms with Gasteiger partial charge in [0, 0.05) is 17.6 Å². The molecule has 0 saturated carbocycles. The van der Waals surface area contributed by atoms with Gasteiger partial charge in [0.15, 0.2) is 0 Å². The van der Waals surface area contributed by atoms with E-state index in [4.69, 9.17) is 11.6 Å². The average Bonchev–Trinajstić information content (AvgIpc) is 2.55. The molecule has 0 spiro atoms. The van der Waals surface area contributed by atoms with Crippen molar-refractivity contribution in [3.05, 3.63) is 70.2 Å². The van der Waals surface area contributed by atoms with Gasteiger partial charge in [-0.1, -0.05) is 54.1 Å². The molecule has 0 aromatic heterocycles. The van der Waals surface area contributed by atoms with Crippen LogP contribution in [0.1, 0.15) is 22.7 Å². The number of fused-ring (bicyclic) bond motifs is 1. The van der Waals surface area contributed by atoms with Crippen LogP contribution in [0, 0.1) is 0 Å². The van der Waals surface area contributed by atoms with Crippen molar-refractivity contribution in [2.45, 2.75) is 18.2 Å². The van der Waals surface area contributed by atoms with Gasteiger partial charge in [0.05, 0.1) is 5.75 Å². The van der Waals surface area contributed by atoms with Crippen LogP contribution < -0.4 is 10.0 Å². The van der Waals surface area contributed by atoms with E-state index in [0.29, 0.717) is 17.1 Å². The van der Waals surface area contributed by atoms with E-state index in [1.165, 1.54) is 11.1 Å². The zero-order valence-corrected chi connectivity index (χ0v) is 14.2. The second-order valence-electron chi connectivity index (χ2n) is 5.65. The molecule has 0 amide bonds. The van der Waals surface area contributed by atoms with Gasteiger partial charge in [-0.15, -0.1) is 0 Å². The van der Waals surface area contributed by atoms with Gasteiger partial charge in [0.25, 0.3) is 0 Å². The maximum atomic E-state index is 12.3. The van der Waals surface area contributed by atoms with Gasteiger partial charge in [0.1, 0.15) is 0 Å². The zero-order valence-electron chi connectivity index (χ0n) is 12.6. The van der Waals surface area contributed by atoms with Crippen LogP contribution in [0.5, 0.6) is 0 Å². The fraction of sp³-hybridized carbons (Fsp3) is 0.294. The van der Waals surface area contributed by atoms with Crippen molar-refractivity contribution in [2.75, 3.05) is 13.1 Å². The Bertz CT molecular complexity index is 793. The molecule has 1 atom stereocenters. The Kier molecular flexibility index (Phi) is 5.02. The maximum absolute atomic E-state index is 12.3. The van der Waals surface area contributed by atoms with Gasteiger partial charge in [-0.05, 0) is 35.7 Å². The SMILES string of the molecule is O=S(=O)(Cc1ccccc1Cl)NCC1NCCc2ccccc21. The van der Waals surface area contributed by atoms with Crippen molar-refractivity contribution >= 4 is 21.6 Å².